The molecule has 2 amide bonds. The Bertz CT molecular complexity index is 845. The van der Waals surface area contributed by atoms with Gasteiger partial charge in [-0.25, -0.2) is 0 Å². The lowest BCUT2D eigenvalue weighted by Crippen LogP contribution is -2.58. The summed E-state index contributed by atoms with van der Waals surface area (Å²) in [4.78, 5) is 44.9. The number of likely N-dealkylation sites (tertiary alicyclic amines) is 1. The second-order valence-corrected chi connectivity index (χ2v) is 12.6. The Morgan fingerprint density at radius 2 is 1.94 bits per heavy atom. The monoisotopic (exact) mass is 492 g/mol. The topological polar surface area (TPSA) is 87.1 Å². The highest BCUT2D eigenvalue weighted by Crippen LogP contribution is 2.71. The van der Waals surface area contributed by atoms with E-state index in [0.717, 1.165) is 6.42 Å². The first-order chi connectivity index (χ1) is 16.0. The van der Waals surface area contributed by atoms with E-state index in [-0.39, 0.29) is 37.0 Å². The maximum atomic E-state index is 14.2. The van der Waals surface area contributed by atoms with Gasteiger partial charge in [-0.1, -0.05) is 32.6 Å². The molecule has 0 radical (unpaired) electrons. The second-order valence-electron chi connectivity index (χ2n) is 10.7. The van der Waals surface area contributed by atoms with Crippen LogP contribution in [0.15, 0.2) is 25.3 Å². The first kappa shape index (κ1) is 26.8. The number of thioether (sulfide) groups is 1. The van der Waals surface area contributed by atoms with Crippen LogP contribution in [0.4, 0.5) is 0 Å². The SMILES string of the molecule is C=CCOC(=O)[C@H]1[C@H]2C(=O)N([C@@H](CO)CC(C)C)C(C(=O)N(CC=C)C(C)C)C23CC[C@]1(C)S3. The third-order valence-corrected chi connectivity index (χ3v) is 9.61. The van der Waals surface area contributed by atoms with Crippen molar-refractivity contribution in [3.63, 3.8) is 0 Å². The van der Waals surface area contributed by atoms with Crippen molar-refractivity contribution >= 4 is 29.5 Å². The predicted octanol–water partition coefficient (Wildman–Crippen LogP) is 3.03. The van der Waals surface area contributed by atoms with E-state index < -0.39 is 39.4 Å². The van der Waals surface area contributed by atoms with Gasteiger partial charge in [0.2, 0.25) is 11.8 Å². The van der Waals surface area contributed by atoms with Crippen molar-refractivity contribution in [1.82, 2.24) is 9.80 Å². The van der Waals surface area contributed by atoms with Gasteiger partial charge < -0.3 is 19.6 Å². The van der Waals surface area contributed by atoms with Gasteiger partial charge in [0.05, 0.1) is 29.2 Å². The zero-order valence-corrected chi connectivity index (χ0v) is 22.0. The molecule has 190 valence electrons. The fourth-order valence-electron chi connectivity index (χ4n) is 6.30. The van der Waals surface area contributed by atoms with Crippen molar-refractivity contribution in [2.24, 2.45) is 17.8 Å². The van der Waals surface area contributed by atoms with E-state index in [0.29, 0.717) is 19.4 Å². The van der Waals surface area contributed by atoms with Gasteiger partial charge in [0.15, 0.2) is 0 Å². The van der Waals surface area contributed by atoms with Crippen LogP contribution in [0, 0.1) is 17.8 Å². The third kappa shape index (κ3) is 4.21. The summed E-state index contributed by atoms with van der Waals surface area (Å²) in [7, 11) is 0. The van der Waals surface area contributed by atoms with E-state index in [1.807, 2.05) is 34.6 Å². The van der Waals surface area contributed by atoms with Crippen LogP contribution in [-0.2, 0) is 19.1 Å². The fourth-order valence-corrected chi connectivity index (χ4v) is 8.62. The third-order valence-electron chi connectivity index (χ3n) is 7.63. The van der Waals surface area contributed by atoms with Crippen LogP contribution in [0.1, 0.15) is 53.9 Å². The quantitative estimate of drug-likeness (QED) is 0.352. The smallest absolute Gasteiger partial charge is 0.311 e. The standard InChI is InChI=1S/C26H40N2O5S/c1-8-12-27(17(5)6)23(31)21-26-11-10-25(7,34-26)20(24(32)33-13-9-2)19(26)22(30)28(21)18(15-29)14-16(3)4/h8-9,16-21,29H,1-2,10-15H2,3-7H3/t18-,19+,20-,21?,25+,26?/m1/s1. The number of carbonyl (C=O) groups is 3. The van der Waals surface area contributed by atoms with Crippen molar-refractivity contribution in [1.29, 1.82) is 0 Å². The molecule has 3 aliphatic heterocycles. The van der Waals surface area contributed by atoms with Gasteiger partial charge in [0, 0.05) is 17.3 Å². The maximum absolute atomic E-state index is 14.2. The molecular formula is C26H40N2O5S. The number of hydrogen-bond acceptors (Lipinski definition) is 6. The summed E-state index contributed by atoms with van der Waals surface area (Å²) in [5, 5.41) is 10.3. The summed E-state index contributed by atoms with van der Waals surface area (Å²) in [5.41, 5.74) is 0. The number of nitrogens with zero attached hydrogens (tertiary/aromatic N) is 2. The number of esters is 1. The summed E-state index contributed by atoms with van der Waals surface area (Å²) < 4.78 is 4.26. The van der Waals surface area contributed by atoms with Gasteiger partial charge in [0.1, 0.15) is 12.6 Å². The van der Waals surface area contributed by atoms with Gasteiger partial charge in [0.25, 0.3) is 0 Å². The molecule has 0 aliphatic carbocycles. The first-order valence-electron chi connectivity index (χ1n) is 12.3. The first-order valence-corrected chi connectivity index (χ1v) is 13.1. The van der Waals surface area contributed by atoms with Crippen LogP contribution >= 0.6 is 11.8 Å². The van der Waals surface area contributed by atoms with Crippen LogP contribution in [0.2, 0.25) is 0 Å². The number of aliphatic hydroxyl groups is 1. The van der Waals surface area contributed by atoms with E-state index in [1.54, 1.807) is 27.6 Å². The molecule has 3 saturated heterocycles. The average molecular weight is 493 g/mol. The summed E-state index contributed by atoms with van der Waals surface area (Å²) >= 11 is 1.62. The highest BCUT2D eigenvalue weighted by atomic mass is 32.2. The molecule has 3 fully saturated rings. The maximum Gasteiger partial charge on any atom is 0.311 e. The fraction of sp³-hybridized carbons (Fsp3) is 0.731. The molecule has 1 spiro atoms. The number of ether oxygens (including phenoxy) is 1. The van der Waals surface area contributed by atoms with Gasteiger partial charge in [-0.2, -0.15) is 0 Å². The zero-order chi connectivity index (χ0) is 25.4. The highest BCUT2D eigenvalue weighted by molar-refractivity contribution is 8.02. The Kier molecular flexibility index (Phi) is 7.92. The van der Waals surface area contributed by atoms with Crippen LogP contribution in [0.3, 0.4) is 0 Å². The molecule has 3 aliphatic rings. The van der Waals surface area contributed by atoms with Gasteiger partial charge in [-0.3, -0.25) is 14.4 Å². The number of amides is 2. The molecule has 3 rings (SSSR count). The minimum atomic E-state index is -0.743. The van der Waals surface area contributed by atoms with Gasteiger partial charge >= 0.3 is 5.97 Å². The van der Waals surface area contributed by atoms with Crippen molar-refractivity contribution in [3.05, 3.63) is 25.3 Å². The van der Waals surface area contributed by atoms with Crippen LogP contribution in [0.5, 0.6) is 0 Å². The molecule has 8 heteroatoms. The lowest BCUT2D eigenvalue weighted by Gasteiger charge is -2.41. The Balaban J connectivity index is 2.13. The Hall–Kier alpha value is -1.80. The summed E-state index contributed by atoms with van der Waals surface area (Å²) in [6.45, 7) is 17.7. The van der Waals surface area contributed by atoms with Crippen molar-refractivity contribution in [2.75, 3.05) is 19.8 Å². The second kappa shape index (κ2) is 10.1. The van der Waals surface area contributed by atoms with E-state index in [4.69, 9.17) is 4.74 Å². The molecule has 0 saturated carbocycles. The summed E-state index contributed by atoms with van der Waals surface area (Å²) in [5.74, 6) is -1.81. The molecule has 2 bridgehead atoms. The highest BCUT2D eigenvalue weighted by Gasteiger charge is 2.78. The Labute approximate surface area is 208 Å². The minimum Gasteiger partial charge on any atom is -0.461 e. The molecule has 7 nitrogen and oxygen atoms in total. The molecule has 3 heterocycles. The van der Waals surface area contributed by atoms with E-state index >= 15 is 0 Å². The number of carbonyl (C=O) groups excluding carboxylic acids is 3. The summed E-state index contributed by atoms with van der Waals surface area (Å²) in [6.07, 6.45) is 5.19. The van der Waals surface area contributed by atoms with Crippen LogP contribution in [0.25, 0.3) is 0 Å². The van der Waals surface area contributed by atoms with Gasteiger partial charge in [-0.15, -0.1) is 18.3 Å². The lowest BCUT2D eigenvalue weighted by molar-refractivity contribution is -0.155. The van der Waals surface area contributed by atoms with Crippen molar-refractivity contribution < 1.29 is 24.2 Å². The largest absolute Gasteiger partial charge is 0.461 e. The van der Waals surface area contributed by atoms with Crippen molar-refractivity contribution in [2.45, 2.75) is 81.5 Å². The molecule has 2 unspecified atom stereocenters. The predicted molar refractivity (Wildman–Crippen MR) is 134 cm³/mol. The molecule has 0 aromatic rings. The number of hydrogen-bond donors (Lipinski definition) is 1. The van der Waals surface area contributed by atoms with Crippen LogP contribution < -0.4 is 0 Å². The average Bonchev–Trinajstić information content (AvgIpc) is 3.34. The molecule has 0 aromatic heterocycles. The lowest BCUT2D eigenvalue weighted by atomic mass is 9.66. The van der Waals surface area contributed by atoms with Crippen LogP contribution in [-0.4, -0.2) is 80.1 Å². The normalized spacial score (nSPS) is 32.8. The van der Waals surface area contributed by atoms with E-state index in [1.165, 1.54) is 6.08 Å². The molecule has 1 N–H and O–H groups in total. The zero-order valence-electron chi connectivity index (χ0n) is 21.2. The summed E-state index contributed by atoms with van der Waals surface area (Å²) in [6, 6.07) is -1.31. The van der Waals surface area contributed by atoms with Crippen molar-refractivity contribution in [3.8, 4) is 0 Å². The molecule has 34 heavy (non-hydrogen) atoms. The molecule has 6 atom stereocenters. The number of fused-ring (bicyclic) bond motifs is 1. The Morgan fingerprint density at radius 3 is 2.47 bits per heavy atom. The minimum absolute atomic E-state index is 0.0804. The van der Waals surface area contributed by atoms with E-state index in [9.17, 15) is 19.5 Å². The Morgan fingerprint density at radius 1 is 1.26 bits per heavy atom. The van der Waals surface area contributed by atoms with E-state index in [2.05, 4.69) is 13.2 Å². The molecule has 0 aromatic carbocycles. The van der Waals surface area contributed by atoms with Gasteiger partial charge in [-0.05, 0) is 46.0 Å². The molecular weight excluding hydrogens is 452 g/mol. The number of aliphatic hydroxyl groups excluding tert-OH is 1. The number of rotatable bonds is 11.